The van der Waals surface area contributed by atoms with E-state index in [1.54, 1.807) is 18.4 Å². The van der Waals surface area contributed by atoms with Crippen LogP contribution < -0.4 is 5.32 Å². The van der Waals surface area contributed by atoms with E-state index in [0.717, 1.165) is 62.2 Å². The maximum absolute atomic E-state index is 5.92. The van der Waals surface area contributed by atoms with Gasteiger partial charge < -0.3 is 19.7 Å². The van der Waals surface area contributed by atoms with Crippen molar-refractivity contribution in [3.8, 4) is 0 Å². The summed E-state index contributed by atoms with van der Waals surface area (Å²) >= 11 is 1.65. The number of aromatic nitrogens is 2. The third kappa shape index (κ3) is 5.80. The first-order valence-electron chi connectivity index (χ1n) is 8.77. The first-order chi connectivity index (χ1) is 12.3. The number of piperidine rings is 1. The first-order valence-corrected chi connectivity index (χ1v) is 9.65. The molecule has 1 N–H and O–H groups in total. The van der Waals surface area contributed by atoms with Crippen LogP contribution in [-0.4, -0.2) is 66.8 Å². The van der Waals surface area contributed by atoms with E-state index < -0.39 is 0 Å². The molecule has 0 unspecified atom stereocenters. The van der Waals surface area contributed by atoms with Crippen molar-refractivity contribution in [2.45, 2.75) is 31.9 Å². The minimum absolute atomic E-state index is 0. The highest BCUT2D eigenvalue weighted by Gasteiger charge is 2.21. The fraction of sp³-hybridized carbons (Fsp3) is 0.647. The molecule has 7 nitrogen and oxygen atoms in total. The Morgan fingerprint density at radius 3 is 2.88 bits per heavy atom. The van der Waals surface area contributed by atoms with Gasteiger partial charge in [-0.1, -0.05) is 0 Å². The highest BCUT2D eigenvalue weighted by molar-refractivity contribution is 14.0. The highest BCUT2D eigenvalue weighted by Crippen LogP contribution is 2.15. The molecule has 0 bridgehead atoms. The molecule has 9 heteroatoms. The molecule has 0 aliphatic carbocycles. The molecule has 0 atom stereocenters. The molecule has 3 rings (SSSR count). The Kier molecular flexibility index (Phi) is 9.09. The molecular weight excluding hydrogens is 465 g/mol. The van der Waals surface area contributed by atoms with Crippen LogP contribution in [0.3, 0.4) is 0 Å². The van der Waals surface area contributed by atoms with E-state index in [4.69, 9.17) is 9.47 Å². The molecule has 0 spiro atoms. The summed E-state index contributed by atoms with van der Waals surface area (Å²) in [6.45, 7) is 4.17. The van der Waals surface area contributed by atoms with Gasteiger partial charge in [-0.25, -0.2) is 4.98 Å². The molecule has 0 amide bonds. The Morgan fingerprint density at radius 2 is 2.19 bits per heavy atom. The minimum Gasteiger partial charge on any atom is -0.385 e. The second kappa shape index (κ2) is 11.1. The smallest absolute Gasteiger partial charge is 0.193 e. The second-order valence-electron chi connectivity index (χ2n) is 6.13. The van der Waals surface area contributed by atoms with Gasteiger partial charge in [0.05, 0.1) is 18.3 Å². The largest absolute Gasteiger partial charge is 0.385 e. The van der Waals surface area contributed by atoms with Crippen molar-refractivity contribution < 1.29 is 9.47 Å². The van der Waals surface area contributed by atoms with Crippen molar-refractivity contribution in [3.05, 3.63) is 23.5 Å². The zero-order valence-corrected chi connectivity index (χ0v) is 18.5. The summed E-state index contributed by atoms with van der Waals surface area (Å²) in [5.41, 5.74) is 1.03. The van der Waals surface area contributed by atoms with Gasteiger partial charge in [0.1, 0.15) is 0 Å². The maximum atomic E-state index is 5.92. The van der Waals surface area contributed by atoms with Crippen molar-refractivity contribution in [1.82, 2.24) is 19.6 Å². The van der Waals surface area contributed by atoms with Gasteiger partial charge in [0.2, 0.25) is 0 Å². The summed E-state index contributed by atoms with van der Waals surface area (Å²) in [7, 11) is 3.56. The summed E-state index contributed by atoms with van der Waals surface area (Å²) in [6, 6.07) is 0. The standard InChI is InChI=1S/C17H27N5O2S.HI/c1-18-16(19-12-14-13-22-8-11-25-17(22)20-14)21-6-4-15(5-7-21)24-10-3-9-23-2;/h8,11,13,15H,3-7,9-10,12H2,1-2H3,(H,18,19);1H. The average Bonchev–Trinajstić information content (AvgIpc) is 3.22. The van der Waals surface area contributed by atoms with Crippen LogP contribution in [0.4, 0.5) is 0 Å². The van der Waals surface area contributed by atoms with Crippen molar-refractivity contribution >= 4 is 46.2 Å². The van der Waals surface area contributed by atoms with Crippen molar-refractivity contribution in [2.24, 2.45) is 4.99 Å². The predicted molar refractivity (Wildman–Crippen MR) is 116 cm³/mol. The summed E-state index contributed by atoms with van der Waals surface area (Å²) < 4.78 is 13.0. The van der Waals surface area contributed by atoms with Crippen LogP contribution in [0.2, 0.25) is 0 Å². The number of aliphatic imine (C=N–C) groups is 1. The molecule has 2 aromatic heterocycles. The molecule has 26 heavy (non-hydrogen) atoms. The van der Waals surface area contributed by atoms with Crippen LogP contribution in [0, 0.1) is 0 Å². The van der Waals surface area contributed by atoms with Crippen molar-refractivity contribution in [2.75, 3.05) is 40.5 Å². The zero-order valence-electron chi connectivity index (χ0n) is 15.4. The van der Waals surface area contributed by atoms with Gasteiger partial charge in [0, 0.05) is 58.2 Å². The normalized spacial score (nSPS) is 16.1. The number of thiazole rings is 1. The number of halogens is 1. The van der Waals surface area contributed by atoms with Crippen LogP contribution >= 0.6 is 35.3 Å². The van der Waals surface area contributed by atoms with Crippen molar-refractivity contribution in [3.63, 3.8) is 0 Å². The minimum atomic E-state index is 0. The van der Waals surface area contributed by atoms with Crippen LogP contribution in [0.15, 0.2) is 22.8 Å². The van der Waals surface area contributed by atoms with E-state index in [2.05, 4.69) is 30.8 Å². The summed E-state index contributed by atoms with van der Waals surface area (Å²) in [4.78, 5) is 12.3. The van der Waals surface area contributed by atoms with Gasteiger partial charge in [-0.2, -0.15) is 0 Å². The number of hydrogen-bond acceptors (Lipinski definition) is 5. The third-order valence-corrected chi connectivity index (χ3v) is 5.14. The van der Waals surface area contributed by atoms with E-state index in [1.807, 2.05) is 18.6 Å². The molecule has 0 aromatic carbocycles. The molecule has 3 heterocycles. The van der Waals surface area contributed by atoms with E-state index in [9.17, 15) is 0 Å². The van der Waals surface area contributed by atoms with E-state index in [-0.39, 0.29) is 24.0 Å². The predicted octanol–water partition coefficient (Wildman–Crippen LogP) is 2.61. The fourth-order valence-corrected chi connectivity index (χ4v) is 3.77. The number of guanidine groups is 1. The molecule has 1 aliphatic rings. The first kappa shape index (κ1) is 21.4. The van der Waals surface area contributed by atoms with Crippen LogP contribution in [-0.2, 0) is 16.0 Å². The maximum Gasteiger partial charge on any atom is 0.193 e. The lowest BCUT2D eigenvalue weighted by Gasteiger charge is -2.34. The van der Waals surface area contributed by atoms with E-state index in [0.29, 0.717) is 12.6 Å². The number of methoxy groups -OCH3 is 1. The highest BCUT2D eigenvalue weighted by atomic mass is 127. The van der Waals surface area contributed by atoms with Gasteiger partial charge in [0.25, 0.3) is 0 Å². The zero-order chi connectivity index (χ0) is 17.5. The number of imidazole rings is 1. The Morgan fingerprint density at radius 1 is 1.38 bits per heavy atom. The Bertz CT molecular complexity index is 653. The molecule has 1 fully saturated rings. The number of likely N-dealkylation sites (tertiary alicyclic amines) is 1. The van der Waals surface area contributed by atoms with Crippen molar-refractivity contribution in [1.29, 1.82) is 0 Å². The second-order valence-corrected chi connectivity index (χ2v) is 7.00. The topological polar surface area (TPSA) is 63.4 Å². The summed E-state index contributed by atoms with van der Waals surface area (Å²) in [5.74, 6) is 0.939. The monoisotopic (exact) mass is 493 g/mol. The summed E-state index contributed by atoms with van der Waals surface area (Å²) in [6.07, 6.45) is 7.48. The Balaban J connectivity index is 0.00000243. The molecule has 1 saturated heterocycles. The molecule has 0 saturated carbocycles. The quantitative estimate of drug-likeness (QED) is 0.278. The van der Waals surface area contributed by atoms with E-state index in [1.165, 1.54) is 0 Å². The lowest BCUT2D eigenvalue weighted by atomic mass is 10.1. The summed E-state index contributed by atoms with van der Waals surface area (Å²) in [5, 5.41) is 5.47. The third-order valence-electron chi connectivity index (χ3n) is 4.37. The van der Waals surface area contributed by atoms with Crippen LogP contribution in [0.1, 0.15) is 25.0 Å². The Labute approximate surface area is 175 Å². The number of hydrogen-bond donors (Lipinski definition) is 1. The van der Waals surface area contributed by atoms with Gasteiger partial charge in [0.15, 0.2) is 10.9 Å². The van der Waals surface area contributed by atoms with Crippen LogP contribution in [0.5, 0.6) is 0 Å². The molecule has 146 valence electrons. The van der Waals surface area contributed by atoms with Gasteiger partial charge >= 0.3 is 0 Å². The van der Waals surface area contributed by atoms with Gasteiger partial charge in [-0.3, -0.25) is 9.39 Å². The number of nitrogens with one attached hydrogen (secondary N) is 1. The molecular formula is C17H28IN5O2S. The average molecular weight is 493 g/mol. The van der Waals surface area contributed by atoms with Gasteiger partial charge in [-0.15, -0.1) is 35.3 Å². The van der Waals surface area contributed by atoms with Crippen LogP contribution in [0.25, 0.3) is 4.96 Å². The lowest BCUT2D eigenvalue weighted by Crippen LogP contribution is -2.46. The lowest BCUT2D eigenvalue weighted by molar-refractivity contribution is 0.00989. The van der Waals surface area contributed by atoms with Gasteiger partial charge in [-0.05, 0) is 19.3 Å². The fourth-order valence-electron chi connectivity index (χ4n) is 3.05. The number of ether oxygens (including phenoxy) is 2. The Hall–Kier alpha value is -0.910. The number of nitrogens with zero attached hydrogens (tertiary/aromatic N) is 4. The SMILES string of the molecule is CN=C(NCc1cn2ccsc2n1)N1CCC(OCCCOC)CC1.I. The molecule has 1 aliphatic heterocycles. The molecule has 0 radical (unpaired) electrons. The number of rotatable bonds is 7. The van der Waals surface area contributed by atoms with E-state index >= 15 is 0 Å². The number of fused-ring (bicyclic) bond motifs is 1. The molecule has 2 aromatic rings.